The summed E-state index contributed by atoms with van der Waals surface area (Å²) in [6.07, 6.45) is 1.90. The molecule has 0 fully saturated rings. The number of aromatic hydroxyl groups is 1. The fraction of sp³-hybridized carbons (Fsp3) is 0.400. The van der Waals surface area contributed by atoms with Crippen LogP contribution in [-0.2, 0) is 6.42 Å². The normalized spacial score (nSPS) is 20.1. The van der Waals surface area contributed by atoms with Crippen molar-refractivity contribution in [3.63, 3.8) is 0 Å². The van der Waals surface area contributed by atoms with Gasteiger partial charge in [-0.15, -0.1) is 0 Å². The van der Waals surface area contributed by atoms with Gasteiger partial charge < -0.3 is 10.4 Å². The smallest absolute Gasteiger partial charge is 0.157 e. The monoisotopic (exact) mass is 231 g/mol. The maximum absolute atomic E-state index is 9.73. The summed E-state index contributed by atoms with van der Waals surface area (Å²) in [4.78, 5) is 0. The Hall–Kier alpha value is -0.600. The topological polar surface area (TPSA) is 32.3 Å². The van der Waals surface area contributed by atoms with Crippen LogP contribution in [0.25, 0.3) is 0 Å². The molecule has 1 aromatic carbocycles. The van der Waals surface area contributed by atoms with Gasteiger partial charge in [0.25, 0.3) is 0 Å². The number of rotatable bonds is 0. The van der Waals surface area contributed by atoms with E-state index in [-0.39, 0.29) is 5.75 Å². The molecular weight excluding hydrogens is 221 g/mol. The third-order valence-corrected chi connectivity index (χ3v) is 3.15. The molecular formula is C10H11Cl2NO. The molecule has 2 N–H and O–H groups in total. The Bertz CT molecular complexity index is 379. The van der Waals surface area contributed by atoms with Gasteiger partial charge in [-0.2, -0.15) is 0 Å². The summed E-state index contributed by atoms with van der Waals surface area (Å²) >= 11 is 11.9. The third kappa shape index (κ3) is 1.53. The SMILES string of the molecule is CC1CCc2c(Cl)cc(Cl)c(O)c2N1. The Balaban J connectivity index is 2.57. The number of anilines is 1. The molecule has 1 unspecified atom stereocenters. The van der Waals surface area contributed by atoms with Gasteiger partial charge in [0.05, 0.1) is 10.7 Å². The van der Waals surface area contributed by atoms with Crippen molar-refractivity contribution in [2.24, 2.45) is 0 Å². The van der Waals surface area contributed by atoms with Crippen LogP contribution in [0.15, 0.2) is 6.07 Å². The minimum absolute atomic E-state index is 0.109. The van der Waals surface area contributed by atoms with Crippen molar-refractivity contribution in [1.29, 1.82) is 0 Å². The molecule has 1 aromatic rings. The van der Waals surface area contributed by atoms with Crippen LogP contribution in [0.1, 0.15) is 18.9 Å². The summed E-state index contributed by atoms with van der Waals surface area (Å²) < 4.78 is 0. The molecule has 1 aliphatic rings. The number of hydrogen-bond acceptors (Lipinski definition) is 2. The predicted molar refractivity (Wildman–Crippen MR) is 59.5 cm³/mol. The van der Waals surface area contributed by atoms with Gasteiger partial charge in [0.1, 0.15) is 0 Å². The van der Waals surface area contributed by atoms with Gasteiger partial charge in [-0.25, -0.2) is 0 Å². The first kappa shape index (κ1) is 9.94. The molecule has 0 aromatic heterocycles. The van der Waals surface area contributed by atoms with Crippen LogP contribution in [0.2, 0.25) is 10.0 Å². The zero-order chi connectivity index (χ0) is 10.3. The van der Waals surface area contributed by atoms with E-state index in [1.54, 1.807) is 6.07 Å². The zero-order valence-corrected chi connectivity index (χ0v) is 9.28. The van der Waals surface area contributed by atoms with E-state index in [1.807, 2.05) is 0 Å². The summed E-state index contributed by atoms with van der Waals surface area (Å²) in [6, 6.07) is 1.94. The fourth-order valence-electron chi connectivity index (χ4n) is 1.73. The second-order valence-electron chi connectivity index (χ2n) is 3.63. The lowest BCUT2D eigenvalue weighted by molar-refractivity contribution is 0.473. The molecule has 0 aliphatic carbocycles. The van der Waals surface area contributed by atoms with Crippen molar-refractivity contribution in [2.75, 3.05) is 5.32 Å². The van der Waals surface area contributed by atoms with Gasteiger partial charge in [-0.1, -0.05) is 23.2 Å². The molecule has 2 nitrogen and oxygen atoms in total. The summed E-state index contributed by atoms with van der Waals surface area (Å²) in [7, 11) is 0. The van der Waals surface area contributed by atoms with E-state index >= 15 is 0 Å². The van der Waals surface area contributed by atoms with Crippen LogP contribution < -0.4 is 5.32 Å². The van der Waals surface area contributed by atoms with Gasteiger partial charge >= 0.3 is 0 Å². The van der Waals surface area contributed by atoms with Gasteiger partial charge in [-0.3, -0.25) is 0 Å². The minimum Gasteiger partial charge on any atom is -0.504 e. The molecule has 0 radical (unpaired) electrons. The number of halogens is 2. The van der Waals surface area contributed by atoms with Gasteiger partial charge in [0, 0.05) is 11.1 Å². The second kappa shape index (κ2) is 3.52. The van der Waals surface area contributed by atoms with Gasteiger partial charge in [0.2, 0.25) is 0 Å². The molecule has 0 bridgehead atoms. The van der Waals surface area contributed by atoms with Gasteiger partial charge in [-0.05, 0) is 31.4 Å². The molecule has 4 heteroatoms. The lowest BCUT2D eigenvalue weighted by Crippen LogP contribution is -2.22. The number of hydrogen-bond donors (Lipinski definition) is 2. The van der Waals surface area contributed by atoms with Crippen LogP contribution in [-0.4, -0.2) is 11.1 Å². The van der Waals surface area contributed by atoms with Crippen molar-refractivity contribution in [2.45, 2.75) is 25.8 Å². The first-order chi connectivity index (χ1) is 6.59. The Morgan fingerprint density at radius 2 is 2.14 bits per heavy atom. The number of nitrogens with one attached hydrogen (secondary N) is 1. The molecule has 0 saturated carbocycles. The van der Waals surface area contributed by atoms with Crippen molar-refractivity contribution < 1.29 is 5.11 Å². The Kier molecular flexibility index (Phi) is 2.50. The zero-order valence-electron chi connectivity index (χ0n) is 7.77. The molecule has 2 rings (SSSR count). The molecule has 76 valence electrons. The summed E-state index contributed by atoms with van der Waals surface area (Å²) in [6.45, 7) is 2.07. The number of phenols is 1. The lowest BCUT2D eigenvalue weighted by Gasteiger charge is -2.26. The second-order valence-corrected chi connectivity index (χ2v) is 4.44. The van der Waals surface area contributed by atoms with Crippen LogP contribution in [0.3, 0.4) is 0 Å². The Morgan fingerprint density at radius 3 is 2.86 bits per heavy atom. The molecule has 1 aliphatic heterocycles. The fourth-order valence-corrected chi connectivity index (χ4v) is 2.29. The standard InChI is InChI=1S/C10H11Cl2NO/c1-5-2-3-6-7(11)4-8(12)10(14)9(6)13-5/h4-5,13-14H,2-3H2,1H3. The largest absolute Gasteiger partial charge is 0.504 e. The number of fused-ring (bicyclic) bond motifs is 1. The number of benzene rings is 1. The summed E-state index contributed by atoms with van der Waals surface area (Å²) in [5, 5.41) is 13.9. The van der Waals surface area contributed by atoms with Crippen molar-refractivity contribution in [3.05, 3.63) is 21.7 Å². The van der Waals surface area contributed by atoms with Crippen LogP contribution in [0.5, 0.6) is 5.75 Å². The van der Waals surface area contributed by atoms with E-state index in [1.165, 1.54) is 0 Å². The van der Waals surface area contributed by atoms with E-state index in [0.717, 1.165) is 18.4 Å². The van der Waals surface area contributed by atoms with Crippen LogP contribution in [0.4, 0.5) is 5.69 Å². The van der Waals surface area contributed by atoms with Crippen molar-refractivity contribution >= 4 is 28.9 Å². The van der Waals surface area contributed by atoms with Crippen LogP contribution in [0, 0.1) is 0 Å². The van der Waals surface area contributed by atoms with E-state index in [4.69, 9.17) is 23.2 Å². The first-order valence-electron chi connectivity index (χ1n) is 4.56. The quantitative estimate of drug-likeness (QED) is 0.671. The molecule has 0 saturated heterocycles. The van der Waals surface area contributed by atoms with E-state index in [0.29, 0.717) is 21.8 Å². The molecule has 0 amide bonds. The maximum Gasteiger partial charge on any atom is 0.157 e. The summed E-state index contributed by atoms with van der Waals surface area (Å²) in [5.74, 6) is 0.109. The third-order valence-electron chi connectivity index (χ3n) is 2.52. The average molecular weight is 232 g/mol. The van der Waals surface area contributed by atoms with Crippen molar-refractivity contribution in [3.8, 4) is 5.75 Å². The summed E-state index contributed by atoms with van der Waals surface area (Å²) in [5.41, 5.74) is 1.66. The lowest BCUT2D eigenvalue weighted by atomic mass is 9.98. The number of phenolic OH excluding ortho intramolecular Hbond substituents is 1. The van der Waals surface area contributed by atoms with Crippen LogP contribution >= 0.6 is 23.2 Å². The van der Waals surface area contributed by atoms with Crippen molar-refractivity contribution in [1.82, 2.24) is 0 Å². The highest BCUT2D eigenvalue weighted by Crippen LogP contribution is 2.42. The van der Waals surface area contributed by atoms with Gasteiger partial charge in [0.15, 0.2) is 5.75 Å². The first-order valence-corrected chi connectivity index (χ1v) is 5.31. The van der Waals surface area contributed by atoms with E-state index < -0.39 is 0 Å². The minimum atomic E-state index is 0.109. The maximum atomic E-state index is 9.73. The predicted octanol–water partition coefficient (Wildman–Crippen LogP) is 3.45. The molecule has 0 spiro atoms. The molecule has 14 heavy (non-hydrogen) atoms. The highest BCUT2D eigenvalue weighted by molar-refractivity contribution is 6.36. The van der Waals surface area contributed by atoms with E-state index in [2.05, 4.69) is 12.2 Å². The van der Waals surface area contributed by atoms with E-state index in [9.17, 15) is 5.11 Å². The highest BCUT2D eigenvalue weighted by atomic mass is 35.5. The molecule has 1 heterocycles. The Morgan fingerprint density at radius 1 is 1.43 bits per heavy atom. The highest BCUT2D eigenvalue weighted by Gasteiger charge is 2.21. The average Bonchev–Trinajstić information content (AvgIpc) is 2.14. The molecule has 1 atom stereocenters. The Labute approximate surface area is 92.8 Å².